The molecule has 2 heterocycles. The molecule has 0 fully saturated rings. The van der Waals surface area contributed by atoms with Crippen LogP contribution >= 0.6 is 0 Å². The molecule has 3 aromatic rings. The quantitative estimate of drug-likeness (QED) is 0.773. The number of aromatic nitrogens is 3. The first-order valence-electron chi connectivity index (χ1n) is 6.31. The molecule has 0 bridgehead atoms. The van der Waals surface area contributed by atoms with E-state index in [0.29, 0.717) is 0 Å². The van der Waals surface area contributed by atoms with Crippen LogP contribution in [0.1, 0.15) is 16.8 Å². The molecule has 0 spiro atoms. The summed E-state index contributed by atoms with van der Waals surface area (Å²) in [7, 11) is 0. The largest absolute Gasteiger partial charge is 0.282 e. The van der Waals surface area contributed by atoms with Crippen LogP contribution in [0.15, 0.2) is 54.9 Å². The van der Waals surface area contributed by atoms with Crippen molar-refractivity contribution in [1.82, 2.24) is 15.2 Å². The molecular formula is C16H15N3. The van der Waals surface area contributed by atoms with Crippen LogP contribution in [-0.4, -0.2) is 15.2 Å². The molecule has 3 heteroatoms. The summed E-state index contributed by atoms with van der Waals surface area (Å²) in [5, 5.41) is 7.42. The molecule has 2 aromatic heterocycles. The zero-order valence-corrected chi connectivity index (χ0v) is 10.8. The minimum atomic E-state index is 0.869. The zero-order valence-electron chi connectivity index (χ0n) is 10.8. The summed E-state index contributed by atoms with van der Waals surface area (Å²) >= 11 is 0. The van der Waals surface area contributed by atoms with Gasteiger partial charge in [0, 0.05) is 30.1 Å². The molecule has 0 atom stereocenters. The van der Waals surface area contributed by atoms with Crippen LogP contribution in [0.4, 0.5) is 0 Å². The van der Waals surface area contributed by atoms with Gasteiger partial charge in [-0.3, -0.25) is 10.1 Å². The number of rotatable bonds is 3. The lowest BCUT2D eigenvalue weighted by Gasteiger charge is -1.99. The molecular weight excluding hydrogens is 234 g/mol. The van der Waals surface area contributed by atoms with Crippen LogP contribution in [0.5, 0.6) is 0 Å². The summed E-state index contributed by atoms with van der Waals surface area (Å²) in [6, 6.07) is 14.6. The zero-order chi connectivity index (χ0) is 13.1. The van der Waals surface area contributed by atoms with E-state index in [2.05, 4.69) is 52.4 Å². The Bertz CT molecular complexity index is 654. The van der Waals surface area contributed by atoms with Crippen LogP contribution in [0.2, 0.25) is 0 Å². The van der Waals surface area contributed by atoms with Crippen molar-refractivity contribution in [2.75, 3.05) is 0 Å². The third kappa shape index (κ3) is 2.71. The standard InChI is InChI=1S/C16H15N3/c1-12-4-6-13(7-5-12)9-15-10-16(19-18-15)14-3-2-8-17-11-14/h2-8,10-11H,9H2,1H3,(H,18,19). The lowest BCUT2D eigenvalue weighted by Crippen LogP contribution is -1.88. The summed E-state index contributed by atoms with van der Waals surface area (Å²) in [5.41, 5.74) is 5.66. The maximum absolute atomic E-state index is 4.34. The number of H-pyrrole nitrogens is 1. The number of nitrogens with one attached hydrogen (secondary N) is 1. The third-order valence-corrected chi connectivity index (χ3v) is 3.10. The topological polar surface area (TPSA) is 41.6 Å². The van der Waals surface area contributed by atoms with E-state index < -0.39 is 0 Å². The predicted molar refractivity (Wildman–Crippen MR) is 75.8 cm³/mol. The van der Waals surface area contributed by atoms with Gasteiger partial charge >= 0.3 is 0 Å². The Labute approximate surface area is 112 Å². The molecule has 0 saturated heterocycles. The van der Waals surface area contributed by atoms with Crippen LogP contribution in [0.3, 0.4) is 0 Å². The molecule has 0 amide bonds. The number of nitrogens with zero attached hydrogens (tertiary/aromatic N) is 2. The monoisotopic (exact) mass is 249 g/mol. The van der Waals surface area contributed by atoms with Crippen molar-refractivity contribution in [1.29, 1.82) is 0 Å². The van der Waals surface area contributed by atoms with Crippen LogP contribution < -0.4 is 0 Å². The Kier molecular flexibility index (Phi) is 3.11. The minimum absolute atomic E-state index is 0.869. The lowest BCUT2D eigenvalue weighted by molar-refractivity contribution is 0.997. The molecule has 0 aliphatic rings. The van der Waals surface area contributed by atoms with E-state index in [1.54, 1.807) is 6.20 Å². The van der Waals surface area contributed by atoms with Crippen LogP contribution in [0.25, 0.3) is 11.3 Å². The molecule has 1 aromatic carbocycles. The smallest absolute Gasteiger partial charge is 0.0939 e. The molecule has 0 unspecified atom stereocenters. The van der Waals surface area contributed by atoms with Gasteiger partial charge in [0.2, 0.25) is 0 Å². The van der Waals surface area contributed by atoms with Gasteiger partial charge in [0.25, 0.3) is 0 Å². The molecule has 0 aliphatic heterocycles. The van der Waals surface area contributed by atoms with Crippen molar-refractivity contribution < 1.29 is 0 Å². The summed E-state index contributed by atoms with van der Waals surface area (Å²) < 4.78 is 0. The van der Waals surface area contributed by atoms with Crippen molar-refractivity contribution >= 4 is 0 Å². The first-order chi connectivity index (χ1) is 9.31. The van der Waals surface area contributed by atoms with E-state index in [-0.39, 0.29) is 0 Å². The van der Waals surface area contributed by atoms with Crippen LogP contribution in [-0.2, 0) is 6.42 Å². The number of hydrogen-bond acceptors (Lipinski definition) is 2. The molecule has 3 rings (SSSR count). The van der Waals surface area contributed by atoms with Crippen molar-refractivity contribution in [3.63, 3.8) is 0 Å². The van der Waals surface area contributed by atoms with Crippen molar-refractivity contribution in [3.8, 4) is 11.3 Å². The highest BCUT2D eigenvalue weighted by Crippen LogP contribution is 2.17. The van der Waals surface area contributed by atoms with Crippen LogP contribution in [0, 0.1) is 6.92 Å². The molecule has 0 saturated carbocycles. The Morgan fingerprint density at radius 1 is 1.11 bits per heavy atom. The fraction of sp³-hybridized carbons (Fsp3) is 0.125. The van der Waals surface area contributed by atoms with Gasteiger partial charge in [0.1, 0.15) is 0 Å². The normalized spacial score (nSPS) is 10.6. The maximum Gasteiger partial charge on any atom is 0.0939 e. The Balaban J connectivity index is 1.80. The fourth-order valence-corrected chi connectivity index (χ4v) is 2.04. The molecule has 19 heavy (non-hydrogen) atoms. The van der Waals surface area contributed by atoms with E-state index in [1.807, 2.05) is 18.3 Å². The molecule has 1 N–H and O–H groups in total. The van der Waals surface area contributed by atoms with Gasteiger partial charge in [-0.05, 0) is 30.7 Å². The van der Waals surface area contributed by atoms with E-state index in [1.165, 1.54) is 11.1 Å². The van der Waals surface area contributed by atoms with Gasteiger partial charge in [-0.1, -0.05) is 29.8 Å². The summed E-state index contributed by atoms with van der Waals surface area (Å²) in [5.74, 6) is 0. The first-order valence-corrected chi connectivity index (χ1v) is 6.31. The predicted octanol–water partition coefficient (Wildman–Crippen LogP) is 3.37. The molecule has 0 aliphatic carbocycles. The van der Waals surface area contributed by atoms with E-state index in [4.69, 9.17) is 0 Å². The average Bonchev–Trinajstić information content (AvgIpc) is 2.91. The fourth-order valence-electron chi connectivity index (χ4n) is 2.04. The minimum Gasteiger partial charge on any atom is -0.282 e. The van der Waals surface area contributed by atoms with Crippen molar-refractivity contribution in [2.24, 2.45) is 0 Å². The second kappa shape index (κ2) is 5.06. The van der Waals surface area contributed by atoms with Gasteiger partial charge in [-0.2, -0.15) is 5.10 Å². The van der Waals surface area contributed by atoms with Crippen molar-refractivity contribution in [3.05, 3.63) is 71.7 Å². The van der Waals surface area contributed by atoms with Gasteiger partial charge < -0.3 is 0 Å². The number of hydrogen-bond donors (Lipinski definition) is 1. The Morgan fingerprint density at radius 3 is 2.68 bits per heavy atom. The van der Waals surface area contributed by atoms with Gasteiger partial charge in [0.05, 0.1) is 5.69 Å². The second-order valence-corrected chi connectivity index (χ2v) is 4.68. The average molecular weight is 249 g/mol. The summed E-state index contributed by atoms with van der Waals surface area (Å²) in [6.45, 7) is 2.10. The second-order valence-electron chi connectivity index (χ2n) is 4.68. The van der Waals surface area contributed by atoms with Gasteiger partial charge in [-0.15, -0.1) is 0 Å². The lowest BCUT2D eigenvalue weighted by atomic mass is 10.1. The van der Waals surface area contributed by atoms with E-state index in [9.17, 15) is 0 Å². The van der Waals surface area contributed by atoms with Gasteiger partial charge in [0.15, 0.2) is 0 Å². The maximum atomic E-state index is 4.34. The number of pyridine rings is 1. The molecule has 94 valence electrons. The highest BCUT2D eigenvalue weighted by atomic mass is 15.1. The molecule has 3 nitrogen and oxygen atoms in total. The highest BCUT2D eigenvalue weighted by Gasteiger charge is 2.04. The molecule has 0 radical (unpaired) electrons. The SMILES string of the molecule is Cc1ccc(Cc2cc(-c3cccnc3)n[nH]2)cc1. The highest BCUT2D eigenvalue weighted by molar-refractivity contribution is 5.57. The summed E-state index contributed by atoms with van der Waals surface area (Å²) in [4.78, 5) is 4.11. The number of aromatic amines is 1. The first kappa shape index (κ1) is 11.7. The Morgan fingerprint density at radius 2 is 1.95 bits per heavy atom. The van der Waals surface area contributed by atoms with Gasteiger partial charge in [-0.25, -0.2) is 0 Å². The number of aryl methyl sites for hydroxylation is 1. The van der Waals surface area contributed by atoms with E-state index in [0.717, 1.165) is 23.4 Å². The summed E-state index contributed by atoms with van der Waals surface area (Å²) in [6.07, 6.45) is 4.46. The Hall–Kier alpha value is -2.42. The van der Waals surface area contributed by atoms with Crippen molar-refractivity contribution in [2.45, 2.75) is 13.3 Å². The third-order valence-electron chi connectivity index (χ3n) is 3.10. The van der Waals surface area contributed by atoms with E-state index >= 15 is 0 Å². The number of benzene rings is 1.